The molecule has 8 nitrogen and oxygen atoms in total. The molecule has 0 N–H and O–H groups in total. The number of esters is 1. The summed E-state index contributed by atoms with van der Waals surface area (Å²) in [4.78, 5) is 32.8. The number of carbonyl (C=O) groups excluding carboxylic acids is 1. The van der Waals surface area contributed by atoms with Crippen molar-refractivity contribution >= 4 is 29.1 Å². The van der Waals surface area contributed by atoms with E-state index < -0.39 is 12.0 Å². The molecule has 9 heteroatoms. The summed E-state index contributed by atoms with van der Waals surface area (Å²) in [6.45, 7) is 4.09. The molecule has 0 radical (unpaired) electrons. The molecule has 2 heterocycles. The summed E-state index contributed by atoms with van der Waals surface area (Å²) in [5, 5.41) is 8.89. The van der Waals surface area contributed by atoms with Gasteiger partial charge in [-0.15, -0.1) is 0 Å². The number of nitrogens with zero attached hydrogens (tertiary/aromatic N) is 3. The molecule has 0 spiro atoms. The van der Waals surface area contributed by atoms with Gasteiger partial charge in [-0.25, -0.2) is 9.79 Å². The Morgan fingerprint density at radius 2 is 1.73 bits per heavy atom. The summed E-state index contributed by atoms with van der Waals surface area (Å²) in [7, 11) is 0. The minimum atomic E-state index is -0.732. The van der Waals surface area contributed by atoms with Gasteiger partial charge in [-0.3, -0.25) is 9.36 Å². The van der Waals surface area contributed by atoms with E-state index in [0.29, 0.717) is 44.3 Å². The summed E-state index contributed by atoms with van der Waals surface area (Å²) >= 11 is 1.24. The third-order valence-electron chi connectivity index (χ3n) is 6.35. The smallest absolute Gasteiger partial charge is 0.338 e. The standard InChI is InChI=1S/C32H27N3O5S/c1-3-38-25-19-21(15-16-24(25)40-18-17-33)20-26-30(36)35-29(23-13-9-6-10-14-23)27(31(37)39-4-2)28(34-32(35)41-26)22-11-7-5-8-12-22/h5-16,19-20,29H,3-4,18H2,1-2H3/b26-20-/t29-/m1/s1. The van der Waals surface area contributed by atoms with Gasteiger partial charge < -0.3 is 14.2 Å². The lowest BCUT2D eigenvalue weighted by atomic mass is 9.93. The van der Waals surface area contributed by atoms with E-state index in [2.05, 4.69) is 0 Å². The highest BCUT2D eigenvalue weighted by atomic mass is 32.1. The number of nitriles is 1. The summed E-state index contributed by atoms with van der Waals surface area (Å²) < 4.78 is 18.7. The molecular weight excluding hydrogens is 538 g/mol. The van der Waals surface area contributed by atoms with Gasteiger partial charge in [0.2, 0.25) is 0 Å². The third kappa shape index (κ3) is 5.69. The molecule has 3 aromatic carbocycles. The largest absolute Gasteiger partial charge is 0.490 e. The number of hydrogen-bond acceptors (Lipinski definition) is 8. The fourth-order valence-electron chi connectivity index (χ4n) is 4.65. The van der Waals surface area contributed by atoms with Crippen molar-refractivity contribution in [3.8, 4) is 17.6 Å². The number of aromatic nitrogens is 1. The Morgan fingerprint density at radius 1 is 1.00 bits per heavy atom. The second-order valence-electron chi connectivity index (χ2n) is 8.93. The molecule has 1 atom stereocenters. The second kappa shape index (κ2) is 12.5. The number of thiazole rings is 1. The van der Waals surface area contributed by atoms with Gasteiger partial charge in [-0.05, 0) is 43.2 Å². The average molecular weight is 566 g/mol. The number of hydrogen-bond donors (Lipinski definition) is 0. The first-order valence-electron chi connectivity index (χ1n) is 13.2. The molecule has 0 saturated heterocycles. The zero-order valence-electron chi connectivity index (χ0n) is 22.6. The Morgan fingerprint density at radius 3 is 2.41 bits per heavy atom. The van der Waals surface area contributed by atoms with Crippen LogP contribution in [0.1, 0.15) is 36.6 Å². The highest BCUT2D eigenvalue weighted by molar-refractivity contribution is 7.07. The predicted molar refractivity (Wildman–Crippen MR) is 156 cm³/mol. The van der Waals surface area contributed by atoms with Gasteiger partial charge in [-0.1, -0.05) is 78.1 Å². The molecule has 0 unspecified atom stereocenters. The van der Waals surface area contributed by atoms with E-state index in [9.17, 15) is 9.59 Å². The summed E-state index contributed by atoms with van der Waals surface area (Å²) in [5.41, 5.74) is 2.74. The van der Waals surface area contributed by atoms with Crippen LogP contribution >= 0.6 is 11.3 Å². The van der Waals surface area contributed by atoms with Crippen LogP contribution in [0.2, 0.25) is 0 Å². The highest BCUT2D eigenvalue weighted by Crippen LogP contribution is 2.35. The SMILES string of the molecule is CCOC(=O)C1=C(c2ccccc2)N=c2s/c(=C\c3ccc(OCC#N)c(OCC)c3)c(=O)n2[C@@H]1c1ccccc1. The van der Waals surface area contributed by atoms with Crippen LogP contribution in [0.4, 0.5) is 0 Å². The Hall–Kier alpha value is -4.94. The van der Waals surface area contributed by atoms with Crippen molar-refractivity contribution in [3.05, 3.63) is 121 Å². The van der Waals surface area contributed by atoms with Gasteiger partial charge in [0.05, 0.1) is 35.1 Å². The third-order valence-corrected chi connectivity index (χ3v) is 7.33. The molecule has 5 rings (SSSR count). The van der Waals surface area contributed by atoms with E-state index in [1.807, 2.05) is 73.7 Å². The van der Waals surface area contributed by atoms with E-state index in [1.54, 1.807) is 35.8 Å². The summed E-state index contributed by atoms with van der Waals surface area (Å²) in [5.74, 6) is 0.401. The summed E-state index contributed by atoms with van der Waals surface area (Å²) in [6, 6.07) is 25.4. The molecule has 1 aromatic heterocycles. The average Bonchev–Trinajstić information content (AvgIpc) is 3.31. The van der Waals surface area contributed by atoms with Crippen LogP contribution in [0.15, 0.2) is 94.2 Å². The van der Waals surface area contributed by atoms with Crippen LogP contribution in [0.25, 0.3) is 11.8 Å². The van der Waals surface area contributed by atoms with Crippen LogP contribution in [0, 0.1) is 11.3 Å². The molecule has 0 saturated carbocycles. The van der Waals surface area contributed by atoms with Crippen molar-refractivity contribution in [1.82, 2.24) is 4.57 Å². The van der Waals surface area contributed by atoms with Crippen molar-refractivity contribution < 1.29 is 19.0 Å². The van der Waals surface area contributed by atoms with E-state index in [1.165, 1.54) is 11.3 Å². The molecular formula is C32H27N3O5S. The number of carbonyl (C=O) groups is 1. The molecule has 41 heavy (non-hydrogen) atoms. The number of benzene rings is 3. The molecule has 0 fully saturated rings. The van der Waals surface area contributed by atoms with Gasteiger partial charge in [0.25, 0.3) is 5.56 Å². The molecule has 0 aliphatic carbocycles. The number of rotatable bonds is 9. The number of fused-ring (bicyclic) bond motifs is 1. The molecule has 0 bridgehead atoms. The van der Waals surface area contributed by atoms with Crippen LogP contribution in [0.3, 0.4) is 0 Å². The lowest BCUT2D eigenvalue weighted by Crippen LogP contribution is -2.39. The molecule has 1 aliphatic rings. The predicted octanol–water partition coefficient (Wildman–Crippen LogP) is 4.24. The lowest BCUT2D eigenvalue weighted by molar-refractivity contribution is -0.138. The quantitative estimate of drug-likeness (QED) is 0.282. The molecule has 4 aromatic rings. The molecule has 0 amide bonds. The van der Waals surface area contributed by atoms with Crippen molar-refractivity contribution in [1.29, 1.82) is 5.26 Å². The Labute approximate surface area is 240 Å². The Bertz CT molecular complexity index is 1820. The van der Waals surface area contributed by atoms with E-state index in [-0.39, 0.29) is 18.8 Å². The Kier molecular flexibility index (Phi) is 8.42. The molecule has 206 valence electrons. The van der Waals surface area contributed by atoms with Gasteiger partial charge in [-0.2, -0.15) is 5.26 Å². The van der Waals surface area contributed by atoms with Gasteiger partial charge in [0.15, 0.2) is 22.9 Å². The molecule has 1 aliphatic heterocycles. The van der Waals surface area contributed by atoms with Crippen LogP contribution < -0.4 is 24.4 Å². The fourth-order valence-corrected chi connectivity index (χ4v) is 5.66. The maximum absolute atomic E-state index is 14.0. The van der Waals surface area contributed by atoms with E-state index in [4.69, 9.17) is 24.5 Å². The van der Waals surface area contributed by atoms with Crippen molar-refractivity contribution in [3.63, 3.8) is 0 Å². The lowest BCUT2D eigenvalue weighted by Gasteiger charge is -2.25. The Balaban J connectivity index is 1.73. The fraction of sp³-hybridized carbons (Fsp3) is 0.188. The number of ether oxygens (including phenoxy) is 3. The van der Waals surface area contributed by atoms with Crippen molar-refractivity contribution in [2.75, 3.05) is 19.8 Å². The highest BCUT2D eigenvalue weighted by Gasteiger charge is 2.35. The van der Waals surface area contributed by atoms with E-state index in [0.717, 1.165) is 11.1 Å². The van der Waals surface area contributed by atoms with Crippen molar-refractivity contribution in [2.24, 2.45) is 4.99 Å². The summed E-state index contributed by atoms with van der Waals surface area (Å²) in [6.07, 6.45) is 1.76. The maximum Gasteiger partial charge on any atom is 0.338 e. The topological polar surface area (TPSA) is 103 Å². The minimum absolute atomic E-state index is 0.107. The van der Waals surface area contributed by atoms with Crippen LogP contribution in [-0.4, -0.2) is 30.4 Å². The first kappa shape index (κ1) is 27.6. The monoisotopic (exact) mass is 565 g/mol. The van der Waals surface area contributed by atoms with Crippen LogP contribution in [-0.2, 0) is 9.53 Å². The van der Waals surface area contributed by atoms with Gasteiger partial charge in [0, 0.05) is 5.56 Å². The zero-order chi connectivity index (χ0) is 28.8. The minimum Gasteiger partial charge on any atom is -0.490 e. The van der Waals surface area contributed by atoms with Crippen LogP contribution in [0.5, 0.6) is 11.5 Å². The normalized spacial score (nSPS) is 14.6. The van der Waals surface area contributed by atoms with Gasteiger partial charge >= 0.3 is 5.97 Å². The first-order valence-corrected chi connectivity index (χ1v) is 14.0. The first-order chi connectivity index (χ1) is 20.0. The second-order valence-corrected chi connectivity index (χ2v) is 9.94. The van der Waals surface area contributed by atoms with Gasteiger partial charge in [0.1, 0.15) is 6.07 Å². The maximum atomic E-state index is 14.0. The van der Waals surface area contributed by atoms with E-state index >= 15 is 0 Å². The van der Waals surface area contributed by atoms with Crippen molar-refractivity contribution in [2.45, 2.75) is 19.9 Å². The zero-order valence-corrected chi connectivity index (χ0v) is 23.4.